The quantitative estimate of drug-likeness (QED) is 0.906. The molecular weight excluding hydrogens is 313 g/mol. The Morgan fingerprint density at radius 2 is 2.04 bits per heavy atom. The lowest BCUT2D eigenvalue weighted by Gasteiger charge is -2.25. The van der Waals surface area contributed by atoms with E-state index in [1.807, 2.05) is 0 Å². The van der Waals surface area contributed by atoms with Crippen LogP contribution >= 0.6 is 0 Å². The molecular formula is C17H14FN3O3. The highest BCUT2D eigenvalue weighted by Crippen LogP contribution is 2.34. The predicted octanol–water partition coefficient (Wildman–Crippen LogP) is 2.07. The van der Waals surface area contributed by atoms with Crippen LogP contribution in [0.25, 0.3) is 0 Å². The summed E-state index contributed by atoms with van der Waals surface area (Å²) in [4.78, 5) is 26.2. The third-order valence-corrected chi connectivity index (χ3v) is 4.16. The van der Waals surface area contributed by atoms with Crippen LogP contribution < -0.4 is 10.6 Å². The van der Waals surface area contributed by atoms with Gasteiger partial charge < -0.3 is 20.0 Å². The largest absolute Gasteiger partial charge is 0.467 e. The van der Waals surface area contributed by atoms with Crippen molar-refractivity contribution in [1.29, 1.82) is 0 Å². The summed E-state index contributed by atoms with van der Waals surface area (Å²) in [5, 5.41) is 5.29. The molecule has 0 fully saturated rings. The van der Waals surface area contributed by atoms with E-state index in [-0.39, 0.29) is 18.0 Å². The van der Waals surface area contributed by atoms with Gasteiger partial charge in [0.15, 0.2) is 0 Å². The fraction of sp³-hybridized carbons (Fsp3) is 0.176. The highest BCUT2D eigenvalue weighted by atomic mass is 19.1. The van der Waals surface area contributed by atoms with Crippen molar-refractivity contribution >= 4 is 11.9 Å². The van der Waals surface area contributed by atoms with Gasteiger partial charge in [0.1, 0.15) is 11.6 Å². The molecule has 1 atom stereocenters. The summed E-state index contributed by atoms with van der Waals surface area (Å²) in [5.74, 6) is -0.0686. The Morgan fingerprint density at radius 3 is 2.79 bits per heavy atom. The van der Waals surface area contributed by atoms with Crippen molar-refractivity contribution in [3.05, 3.63) is 71.1 Å². The molecule has 3 amide bonds. The molecule has 24 heavy (non-hydrogen) atoms. The third-order valence-electron chi connectivity index (χ3n) is 4.16. The van der Waals surface area contributed by atoms with E-state index < -0.39 is 17.9 Å². The van der Waals surface area contributed by atoms with Gasteiger partial charge in [-0.1, -0.05) is 18.2 Å². The molecule has 1 aromatic carbocycles. The molecule has 7 heteroatoms. The van der Waals surface area contributed by atoms with Crippen LogP contribution in [0.4, 0.5) is 9.18 Å². The number of hydrogen-bond acceptors (Lipinski definition) is 3. The topological polar surface area (TPSA) is 74.6 Å². The van der Waals surface area contributed by atoms with E-state index in [1.54, 1.807) is 35.2 Å². The zero-order valence-corrected chi connectivity index (χ0v) is 12.6. The van der Waals surface area contributed by atoms with E-state index in [0.29, 0.717) is 23.6 Å². The van der Waals surface area contributed by atoms with Crippen molar-refractivity contribution in [2.24, 2.45) is 0 Å². The lowest BCUT2D eigenvalue weighted by Crippen LogP contribution is -2.44. The molecule has 0 spiro atoms. The molecule has 0 saturated heterocycles. The van der Waals surface area contributed by atoms with Gasteiger partial charge in [0.2, 0.25) is 0 Å². The molecule has 2 aliphatic heterocycles. The van der Waals surface area contributed by atoms with Crippen LogP contribution in [0.5, 0.6) is 0 Å². The summed E-state index contributed by atoms with van der Waals surface area (Å²) in [6, 6.07) is 8.38. The minimum Gasteiger partial charge on any atom is -0.467 e. The number of carbonyl (C=O) groups is 2. The highest BCUT2D eigenvalue weighted by Gasteiger charge is 2.41. The summed E-state index contributed by atoms with van der Waals surface area (Å²) in [7, 11) is 0. The highest BCUT2D eigenvalue weighted by molar-refractivity contribution is 6.01. The zero-order valence-electron chi connectivity index (χ0n) is 12.6. The van der Waals surface area contributed by atoms with Crippen LogP contribution in [-0.2, 0) is 11.3 Å². The van der Waals surface area contributed by atoms with Crippen LogP contribution in [0.15, 0.2) is 58.3 Å². The second kappa shape index (κ2) is 5.52. The number of nitrogens with zero attached hydrogens (tertiary/aromatic N) is 1. The minimum atomic E-state index is -0.802. The fourth-order valence-electron chi connectivity index (χ4n) is 3.09. The van der Waals surface area contributed by atoms with Crippen molar-refractivity contribution in [3.63, 3.8) is 0 Å². The molecule has 3 heterocycles. The number of benzene rings is 1. The van der Waals surface area contributed by atoms with Crippen LogP contribution in [0.2, 0.25) is 0 Å². The molecule has 2 aromatic rings. The van der Waals surface area contributed by atoms with Gasteiger partial charge in [-0.25, -0.2) is 9.18 Å². The number of urea groups is 1. The summed E-state index contributed by atoms with van der Waals surface area (Å²) in [6.07, 6.45) is 1.54. The van der Waals surface area contributed by atoms with Gasteiger partial charge in [-0.15, -0.1) is 0 Å². The molecule has 0 aliphatic carbocycles. The summed E-state index contributed by atoms with van der Waals surface area (Å²) in [6.45, 7) is 0.548. The van der Waals surface area contributed by atoms with Crippen LogP contribution in [0, 0.1) is 5.82 Å². The number of furan rings is 1. The average molecular weight is 327 g/mol. The number of carbonyl (C=O) groups excluding carboxylic acids is 2. The molecule has 122 valence electrons. The number of amides is 3. The van der Waals surface area contributed by atoms with Gasteiger partial charge >= 0.3 is 6.03 Å². The maximum absolute atomic E-state index is 14.2. The van der Waals surface area contributed by atoms with E-state index in [1.165, 1.54) is 12.3 Å². The molecule has 4 rings (SSSR count). The number of hydrogen-bond donors (Lipinski definition) is 2. The Kier molecular flexibility index (Phi) is 3.34. The summed E-state index contributed by atoms with van der Waals surface area (Å²) in [5.41, 5.74) is 1.14. The first-order chi connectivity index (χ1) is 11.6. The Hall–Kier alpha value is -3.09. The first kappa shape index (κ1) is 14.5. The maximum Gasteiger partial charge on any atom is 0.319 e. The molecule has 1 unspecified atom stereocenters. The number of rotatable bonds is 3. The van der Waals surface area contributed by atoms with Gasteiger partial charge in [-0.2, -0.15) is 0 Å². The fourth-order valence-corrected chi connectivity index (χ4v) is 3.09. The van der Waals surface area contributed by atoms with Crippen molar-refractivity contribution in [1.82, 2.24) is 15.5 Å². The molecule has 0 bridgehead atoms. The smallest absolute Gasteiger partial charge is 0.319 e. The Balaban J connectivity index is 1.68. The van der Waals surface area contributed by atoms with E-state index >= 15 is 0 Å². The molecule has 0 saturated carbocycles. The first-order valence-corrected chi connectivity index (χ1v) is 7.50. The average Bonchev–Trinajstić information content (AvgIpc) is 3.16. The predicted molar refractivity (Wildman–Crippen MR) is 82.0 cm³/mol. The minimum absolute atomic E-state index is 0.248. The zero-order chi connectivity index (χ0) is 16.7. The normalized spacial score (nSPS) is 20.0. The SMILES string of the molecule is O=C1NC2=C(C(=O)N(Cc3ccco3)C2)C(c2ccccc2F)N1. The second-order valence-corrected chi connectivity index (χ2v) is 5.69. The second-order valence-electron chi connectivity index (χ2n) is 5.69. The Morgan fingerprint density at radius 1 is 1.21 bits per heavy atom. The van der Waals surface area contributed by atoms with Crippen LogP contribution in [0.3, 0.4) is 0 Å². The number of halogens is 1. The standard InChI is InChI=1S/C17H14FN3O3/c18-12-6-2-1-5-11(12)15-14-13(19-17(23)20-15)9-21(16(14)22)8-10-4-3-7-24-10/h1-7,15H,8-9H2,(H2,19,20,23). The summed E-state index contributed by atoms with van der Waals surface area (Å²) < 4.78 is 19.4. The lowest BCUT2D eigenvalue weighted by atomic mass is 9.96. The van der Waals surface area contributed by atoms with Crippen molar-refractivity contribution in [2.45, 2.75) is 12.6 Å². The van der Waals surface area contributed by atoms with Crippen molar-refractivity contribution in [2.75, 3.05) is 6.54 Å². The monoisotopic (exact) mass is 327 g/mol. The Bertz CT molecular complexity index is 845. The molecule has 1 aromatic heterocycles. The number of nitrogens with one attached hydrogen (secondary N) is 2. The van der Waals surface area contributed by atoms with Crippen molar-refractivity contribution < 1.29 is 18.4 Å². The van der Waals surface area contributed by atoms with Gasteiger partial charge in [0.05, 0.1) is 36.7 Å². The molecule has 2 N–H and O–H groups in total. The van der Waals surface area contributed by atoms with E-state index in [0.717, 1.165) is 0 Å². The van der Waals surface area contributed by atoms with Crippen LogP contribution in [-0.4, -0.2) is 23.4 Å². The molecule has 0 radical (unpaired) electrons. The lowest BCUT2D eigenvalue weighted by molar-refractivity contribution is -0.126. The van der Waals surface area contributed by atoms with Gasteiger partial charge in [0.25, 0.3) is 5.91 Å². The first-order valence-electron chi connectivity index (χ1n) is 7.50. The van der Waals surface area contributed by atoms with E-state index in [2.05, 4.69) is 10.6 Å². The third kappa shape index (κ3) is 2.34. The summed E-state index contributed by atoms with van der Waals surface area (Å²) >= 11 is 0. The maximum atomic E-state index is 14.2. The van der Waals surface area contributed by atoms with Gasteiger partial charge in [0, 0.05) is 5.56 Å². The van der Waals surface area contributed by atoms with Gasteiger partial charge in [-0.3, -0.25) is 4.79 Å². The van der Waals surface area contributed by atoms with Gasteiger partial charge in [-0.05, 0) is 18.2 Å². The van der Waals surface area contributed by atoms with E-state index in [9.17, 15) is 14.0 Å². The van der Waals surface area contributed by atoms with E-state index in [4.69, 9.17) is 4.42 Å². The van der Waals surface area contributed by atoms with Crippen LogP contribution in [0.1, 0.15) is 17.4 Å². The molecule has 2 aliphatic rings. The van der Waals surface area contributed by atoms with Crippen molar-refractivity contribution in [3.8, 4) is 0 Å². The Labute approximate surface area is 136 Å². The molecule has 6 nitrogen and oxygen atoms in total.